The maximum atomic E-state index is 14.4. The van der Waals surface area contributed by atoms with E-state index in [-0.39, 0.29) is 13.1 Å². The molecule has 4 heterocycles. The number of carbonyl (C=O) groups is 1. The van der Waals surface area contributed by atoms with Crippen molar-refractivity contribution in [2.45, 2.75) is 25.2 Å². The second-order valence-corrected chi connectivity index (χ2v) is 8.20. The first-order valence-corrected chi connectivity index (χ1v) is 11.3. The lowest BCUT2D eigenvalue weighted by Gasteiger charge is -2.21. The first-order valence-electron chi connectivity index (χ1n) is 11.3. The third-order valence-electron chi connectivity index (χ3n) is 5.97. The fourth-order valence-corrected chi connectivity index (χ4v) is 4.10. The van der Waals surface area contributed by atoms with Crippen molar-refractivity contribution in [2.24, 2.45) is 0 Å². The summed E-state index contributed by atoms with van der Waals surface area (Å²) in [5.41, 5.74) is 1.94. The fraction of sp³-hybridized carbons (Fsp3) is 0.375. The van der Waals surface area contributed by atoms with Crippen molar-refractivity contribution in [3.8, 4) is 17.4 Å². The zero-order chi connectivity index (χ0) is 24.4. The van der Waals surface area contributed by atoms with Gasteiger partial charge < -0.3 is 29.4 Å². The van der Waals surface area contributed by atoms with Crippen molar-refractivity contribution in [1.29, 1.82) is 0 Å². The Hall–Kier alpha value is -3.70. The summed E-state index contributed by atoms with van der Waals surface area (Å²) in [6, 6.07) is 8.61. The predicted octanol–water partition coefficient (Wildman–Crippen LogP) is 2.41. The number of amides is 1. The van der Waals surface area contributed by atoms with Crippen molar-refractivity contribution in [2.75, 3.05) is 38.3 Å². The van der Waals surface area contributed by atoms with Gasteiger partial charge in [0.25, 0.3) is 0 Å². The van der Waals surface area contributed by atoms with Crippen LogP contribution in [0.15, 0.2) is 36.5 Å². The van der Waals surface area contributed by atoms with Gasteiger partial charge in [0.2, 0.25) is 5.88 Å². The number of carbonyl (C=O) groups excluding carboxylic acids is 1. The van der Waals surface area contributed by atoms with Crippen molar-refractivity contribution >= 4 is 22.8 Å². The van der Waals surface area contributed by atoms with Crippen LogP contribution in [0.2, 0.25) is 0 Å². The molecule has 10 nitrogen and oxygen atoms in total. The van der Waals surface area contributed by atoms with Gasteiger partial charge in [-0.15, -0.1) is 0 Å². The van der Waals surface area contributed by atoms with Crippen LogP contribution in [0.5, 0.6) is 17.4 Å². The lowest BCUT2D eigenvalue weighted by Crippen LogP contribution is -2.33. The molecular formula is C24H25FN4O6. The van der Waals surface area contributed by atoms with E-state index < -0.39 is 24.1 Å². The monoisotopic (exact) mass is 484 g/mol. The summed E-state index contributed by atoms with van der Waals surface area (Å²) in [6.45, 7) is 1.68. The molecule has 0 unspecified atom stereocenters. The van der Waals surface area contributed by atoms with Gasteiger partial charge in [0.15, 0.2) is 11.5 Å². The standard InChI is InChI=1S/C24H25FN4O6/c1-32-22-5-3-17-23(28-22)15(16(25)12-27-17)11-26-7-6-18(30)21-13-29(24(31)35-21)14-2-4-19-20(10-14)34-9-8-33-19/h2-5,10,12,18,21,26,30H,6-9,11,13H2,1H3/t18-,21-/m0/s1. The number of pyridine rings is 2. The van der Waals surface area contributed by atoms with Crippen LogP contribution >= 0.6 is 0 Å². The molecule has 1 amide bonds. The van der Waals surface area contributed by atoms with Gasteiger partial charge in [0.05, 0.1) is 37.2 Å². The highest BCUT2D eigenvalue weighted by Crippen LogP contribution is 2.35. The number of hydrogen-bond acceptors (Lipinski definition) is 9. The van der Waals surface area contributed by atoms with Gasteiger partial charge in [0, 0.05) is 24.2 Å². The Bertz CT molecular complexity index is 1240. The summed E-state index contributed by atoms with van der Waals surface area (Å²) in [5, 5.41) is 13.7. The maximum absolute atomic E-state index is 14.4. The molecule has 1 saturated heterocycles. The number of nitrogens with one attached hydrogen (secondary N) is 1. The fourth-order valence-electron chi connectivity index (χ4n) is 4.10. The van der Waals surface area contributed by atoms with Gasteiger partial charge in [-0.25, -0.2) is 14.2 Å². The quantitative estimate of drug-likeness (QED) is 0.465. The minimum atomic E-state index is -0.897. The van der Waals surface area contributed by atoms with Crippen molar-refractivity contribution in [3.05, 3.63) is 47.9 Å². The zero-order valence-electron chi connectivity index (χ0n) is 19.1. The summed E-state index contributed by atoms with van der Waals surface area (Å²) in [6.07, 6.45) is -0.668. The SMILES string of the molecule is COc1ccc2ncc(F)c(CNCC[C@H](O)[C@@H]3CN(c4ccc5c(c4)OCCO5)C(=O)O3)c2n1. The molecule has 0 radical (unpaired) electrons. The Morgan fingerprint density at radius 2 is 2.09 bits per heavy atom. The number of nitrogens with zero attached hydrogens (tertiary/aromatic N) is 3. The molecule has 1 aromatic carbocycles. The lowest BCUT2D eigenvalue weighted by molar-refractivity contribution is 0.0282. The van der Waals surface area contributed by atoms with Crippen LogP contribution in [0.1, 0.15) is 12.0 Å². The smallest absolute Gasteiger partial charge is 0.414 e. The molecule has 0 aliphatic carbocycles. The maximum Gasteiger partial charge on any atom is 0.414 e. The van der Waals surface area contributed by atoms with E-state index in [2.05, 4.69) is 15.3 Å². The second kappa shape index (κ2) is 9.88. The van der Waals surface area contributed by atoms with Crippen LogP contribution in [-0.2, 0) is 11.3 Å². The summed E-state index contributed by atoms with van der Waals surface area (Å²) >= 11 is 0. The Morgan fingerprint density at radius 3 is 2.91 bits per heavy atom. The van der Waals surface area contributed by atoms with E-state index in [1.807, 2.05) is 0 Å². The Labute approximate surface area is 200 Å². The number of rotatable bonds is 8. The minimum absolute atomic E-state index is 0.186. The normalized spacial score (nSPS) is 18.0. The van der Waals surface area contributed by atoms with Crippen LogP contribution in [0.25, 0.3) is 11.0 Å². The Balaban J connectivity index is 1.17. The summed E-state index contributed by atoms with van der Waals surface area (Å²) in [4.78, 5) is 22.3. The number of halogens is 1. The minimum Gasteiger partial charge on any atom is -0.486 e. The molecule has 5 rings (SSSR count). The average Bonchev–Trinajstić information content (AvgIpc) is 3.28. The van der Waals surface area contributed by atoms with Crippen molar-refractivity contribution in [3.63, 3.8) is 0 Å². The van der Waals surface area contributed by atoms with Crippen LogP contribution in [-0.4, -0.2) is 66.8 Å². The van der Waals surface area contributed by atoms with Gasteiger partial charge in [0.1, 0.15) is 30.7 Å². The number of ether oxygens (including phenoxy) is 4. The van der Waals surface area contributed by atoms with Gasteiger partial charge in [-0.2, -0.15) is 0 Å². The number of cyclic esters (lactones) is 1. The third-order valence-corrected chi connectivity index (χ3v) is 5.97. The van der Waals surface area contributed by atoms with E-state index in [1.165, 1.54) is 12.0 Å². The molecule has 3 aromatic rings. The van der Waals surface area contributed by atoms with Crippen LogP contribution in [0.4, 0.5) is 14.9 Å². The van der Waals surface area contributed by atoms with E-state index >= 15 is 0 Å². The molecule has 11 heteroatoms. The predicted molar refractivity (Wildman–Crippen MR) is 123 cm³/mol. The van der Waals surface area contributed by atoms with Gasteiger partial charge in [-0.3, -0.25) is 9.88 Å². The van der Waals surface area contributed by atoms with Crippen LogP contribution < -0.4 is 24.4 Å². The number of aromatic nitrogens is 2. The number of methoxy groups -OCH3 is 1. The number of fused-ring (bicyclic) bond motifs is 2. The molecule has 0 saturated carbocycles. The molecule has 2 atom stereocenters. The van der Waals surface area contributed by atoms with E-state index in [0.717, 1.165) is 6.20 Å². The second-order valence-electron chi connectivity index (χ2n) is 8.20. The van der Waals surface area contributed by atoms with E-state index in [1.54, 1.807) is 30.3 Å². The molecule has 0 bridgehead atoms. The summed E-state index contributed by atoms with van der Waals surface area (Å²) in [5.74, 6) is 1.08. The molecule has 184 valence electrons. The van der Waals surface area contributed by atoms with Gasteiger partial charge >= 0.3 is 6.09 Å². The number of hydrogen-bond donors (Lipinski definition) is 2. The number of anilines is 1. The highest BCUT2D eigenvalue weighted by Gasteiger charge is 2.37. The molecular weight excluding hydrogens is 459 g/mol. The summed E-state index contributed by atoms with van der Waals surface area (Å²) in [7, 11) is 1.49. The van der Waals surface area contributed by atoms with Crippen molar-refractivity contribution in [1.82, 2.24) is 15.3 Å². The Morgan fingerprint density at radius 1 is 1.26 bits per heavy atom. The molecule has 1 fully saturated rings. The molecule has 2 aliphatic rings. The molecule has 2 aromatic heterocycles. The lowest BCUT2D eigenvalue weighted by atomic mass is 10.1. The number of aliphatic hydroxyl groups is 1. The van der Waals surface area contributed by atoms with E-state index in [9.17, 15) is 14.3 Å². The third kappa shape index (κ3) is 4.77. The Kier molecular flexibility index (Phi) is 6.51. The highest BCUT2D eigenvalue weighted by atomic mass is 19.1. The molecule has 0 spiro atoms. The van der Waals surface area contributed by atoms with Gasteiger partial charge in [-0.05, 0) is 31.2 Å². The first kappa shape index (κ1) is 23.1. The van der Waals surface area contributed by atoms with E-state index in [0.29, 0.717) is 65.8 Å². The van der Waals surface area contributed by atoms with Gasteiger partial charge in [-0.1, -0.05) is 0 Å². The summed E-state index contributed by atoms with van der Waals surface area (Å²) < 4.78 is 36.1. The average molecular weight is 484 g/mol. The number of aliphatic hydroxyl groups excluding tert-OH is 1. The zero-order valence-corrected chi connectivity index (χ0v) is 19.1. The first-order chi connectivity index (χ1) is 17.0. The van der Waals surface area contributed by atoms with Crippen molar-refractivity contribution < 1.29 is 33.2 Å². The van der Waals surface area contributed by atoms with Crippen LogP contribution in [0.3, 0.4) is 0 Å². The van der Waals surface area contributed by atoms with Crippen LogP contribution in [0, 0.1) is 5.82 Å². The van der Waals surface area contributed by atoms with E-state index in [4.69, 9.17) is 18.9 Å². The highest BCUT2D eigenvalue weighted by molar-refractivity contribution is 5.90. The number of benzene rings is 1. The molecule has 2 N–H and O–H groups in total. The molecule has 35 heavy (non-hydrogen) atoms. The largest absolute Gasteiger partial charge is 0.486 e. The topological polar surface area (TPSA) is 115 Å². The molecule has 2 aliphatic heterocycles.